The van der Waals surface area contributed by atoms with Gasteiger partial charge in [-0.2, -0.15) is 0 Å². The van der Waals surface area contributed by atoms with E-state index in [2.05, 4.69) is 11.8 Å². The van der Waals surface area contributed by atoms with Crippen molar-refractivity contribution in [2.24, 2.45) is 11.8 Å². The molecule has 1 saturated carbocycles. The highest BCUT2D eigenvalue weighted by molar-refractivity contribution is 5.45. The van der Waals surface area contributed by atoms with E-state index in [0.29, 0.717) is 18.4 Å². The Morgan fingerprint density at radius 3 is 2.67 bits per heavy atom. The van der Waals surface area contributed by atoms with Gasteiger partial charge in [-0.1, -0.05) is 38.3 Å². The molecule has 0 radical (unpaired) electrons. The Hall–Kier alpha value is -1.46. The normalized spacial score (nSPS) is 28.8. The second-order valence-electron chi connectivity index (χ2n) is 7.31. The van der Waals surface area contributed by atoms with Crippen molar-refractivity contribution in [1.29, 1.82) is 0 Å². The summed E-state index contributed by atoms with van der Waals surface area (Å²) >= 11 is 0. The number of hydrogen-bond donors (Lipinski definition) is 0. The Balaban J connectivity index is 1.66. The first-order chi connectivity index (χ1) is 11.6. The van der Waals surface area contributed by atoms with Crippen LogP contribution in [0.4, 0.5) is 5.69 Å². The molecular formula is C19H28N2O3. The van der Waals surface area contributed by atoms with Crippen LogP contribution >= 0.6 is 0 Å². The number of ether oxygens (including phenoxy) is 1. The number of nitro groups is 1. The molecule has 1 heterocycles. The van der Waals surface area contributed by atoms with E-state index in [1.54, 1.807) is 25.3 Å². The van der Waals surface area contributed by atoms with E-state index in [1.165, 1.54) is 32.2 Å². The van der Waals surface area contributed by atoms with Crippen LogP contribution in [0, 0.1) is 22.0 Å². The maximum absolute atomic E-state index is 11.1. The summed E-state index contributed by atoms with van der Waals surface area (Å²) in [7, 11) is 1.73. The average Bonchev–Trinajstić information content (AvgIpc) is 2.96. The molecule has 1 saturated heterocycles. The third-order valence-electron chi connectivity index (χ3n) is 5.92. The lowest BCUT2D eigenvalue weighted by Crippen LogP contribution is -2.33. The minimum absolute atomic E-state index is 0.0132. The molecule has 5 heteroatoms. The number of benzene rings is 1. The average molecular weight is 332 g/mol. The van der Waals surface area contributed by atoms with E-state index < -0.39 is 0 Å². The van der Waals surface area contributed by atoms with Crippen LogP contribution < -0.4 is 0 Å². The summed E-state index contributed by atoms with van der Waals surface area (Å²) in [5, 5.41) is 11.1. The van der Waals surface area contributed by atoms with E-state index in [9.17, 15) is 10.1 Å². The molecule has 2 unspecified atom stereocenters. The van der Waals surface area contributed by atoms with E-state index in [-0.39, 0.29) is 16.0 Å². The first kappa shape index (κ1) is 17.4. The van der Waals surface area contributed by atoms with E-state index in [4.69, 9.17) is 4.74 Å². The Morgan fingerprint density at radius 1 is 1.29 bits per heavy atom. The van der Waals surface area contributed by atoms with E-state index >= 15 is 0 Å². The molecule has 3 rings (SSSR count). The molecule has 132 valence electrons. The van der Waals surface area contributed by atoms with Crippen molar-refractivity contribution in [2.75, 3.05) is 33.4 Å². The SMILES string of the molecule is CCCCCCN1CC2C(C1)C2(COC)c1cccc([N+](=O)[O-])c1. The van der Waals surface area contributed by atoms with Crippen LogP contribution in [-0.4, -0.2) is 43.2 Å². The summed E-state index contributed by atoms with van der Waals surface area (Å²) in [6.07, 6.45) is 5.19. The van der Waals surface area contributed by atoms with Gasteiger partial charge in [0.15, 0.2) is 0 Å². The molecule has 1 aliphatic heterocycles. The topological polar surface area (TPSA) is 55.6 Å². The van der Waals surface area contributed by atoms with Crippen LogP contribution in [0.3, 0.4) is 0 Å². The molecule has 0 N–H and O–H groups in total. The molecule has 1 aromatic carbocycles. The lowest BCUT2D eigenvalue weighted by atomic mass is 9.90. The van der Waals surface area contributed by atoms with Crippen LogP contribution in [0.15, 0.2) is 24.3 Å². The zero-order valence-corrected chi connectivity index (χ0v) is 14.7. The number of rotatable bonds is 9. The van der Waals surface area contributed by atoms with Crippen molar-refractivity contribution in [1.82, 2.24) is 4.90 Å². The van der Waals surface area contributed by atoms with Crippen LogP contribution in [0.2, 0.25) is 0 Å². The van der Waals surface area contributed by atoms with Crippen molar-refractivity contribution in [3.8, 4) is 0 Å². The second-order valence-corrected chi connectivity index (χ2v) is 7.31. The summed E-state index contributed by atoms with van der Waals surface area (Å²) in [5.41, 5.74) is 1.25. The zero-order chi connectivity index (χ0) is 17.2. The number of likely N-dealkylation sites (tertiary alicyclic amines) is 1. The number of unbranched alkanes of at least 4 members (excludes halogenated alkanes) is 3. The number of piperidine rings is 1. The van der Waals surface area contributed by atoms with Crippen LogP contribution in [0.25, 0.3) is 0 Å². The summed E-state index contributed by atoms with van der Waals surface area (Å²) in [6.45, 7) is 6.28. The fourth-order valence-corrected chi connectivity index (χ4v) is 4.63. The van der Waals surface area contributed by atoms with E-state index in [0.717, 1.165) is 18.7 Å². The van der Waals surface area contributed by atoms with Gasteiger partial charge in [-0.15, -0.1) is 0 Å². The standard InChI is InChI=1S/C19H28N2O3/c1-3-4-5-6-10-20-12-17-18(13-20)19(17,14-24-2)15-8-7-9-16(11-15)21(22)23/h7-9,11,17-18H,3-6,10,12-14H2,1-2H3. The first-order valence-electron chi connectivity index (χ1n) is 9.09. The lowest BCUT2D eigenvalue weighted by Gasteiger charge is -2.26. The van der Waals surface area contributed by atoms with Crippen LogP contribution in [0.5, 0.6) is 0 Å². The predicted octanol–water partition coefficient (Wildman–Crippen LogP) is 3.62. The van der Waals surface area contributed by atoms with Gasteiger partial charge in [0.25, 0.3) is 5.69 Å². The van der Waals surface area contributed by atoms with Gasteiger partial charge < -0.3 is 9.64 Å². The Morgan fingerprint density at radius 2 is 2.04 bits per heavy atom. The number of hydrogen-bond acceptors (Lipinski definition) is 4. The summed E-state index contributed by atoms with van der Waals surface area (Å²) in [4.78, 5) is 13.4. The Labute approximate surface area is 144 Å². The third kappa shape index (κ3) is 3.07. The van der Waals surface area contributed by atoms with Crippen molar-refractivity contribution in [3.05, 3.63) is 39.9 Å². The number of nitro benzene ring substituents is 1. The highest BCUT2D eigenvalue weighted by atomic mass is 16.6. The fourth-order valence-electron chi connectivity index (χ4n) is 4.63. The molecule has 1 aromatic rings. The van der Waals surface area contributed by atoms with Gasteiger partial charge in [-0.3, -0.25) is 10.1 Å². The van der Waals surface area contributed by atoms with Crippen molar-refractivity contribution < 1.29 is 9.66 Å². The molecule has 5 nitrogen and oxygen atoms in total. The molecule has 0 amide bonds. The molecule has 0 spiro atoms. The minimum Gasteiger partial charge on any atom is -0.384 e. The molecular weight excluding hydrogens is 304 g/mol. The fraction of sp³-hybridized carbons (Fsp3) is 0.684. The molecule has 0 aromatic heterocycles. The van der Waals surface area contributed by atoms with Gasteiger partial charge in [0.05, 0.1) is 11.5 Å². The third-order valence-corrected chi connectivity index (χ3v) is 5.92. The van der Waals surface area contributed by atoms with Gasteiger partial charge >= 0.3 is 0 Å². The molecule has 0 bridgehead atoms. The monoisotopic (exact) mass is 332 g/mol. The van der Waals surface area contributed by atoms with Gasteiger partial charge in [-0.25, -0.2) is 0 Å². The van der Waals surface area contributed by atoms with Crippen molar-refractivity contribution in [3.63, 3.8) is 0 Å². The first-order valence-corrected chi connectivity index (χ1v) is 9.09. The summed E-state index contributed by atoms with van der Waals surface area (Å²) in [5.74, 6) is 1.15. The number of nitrogens with zero attached hydrogens (tertiary/aromatic N) is 2. The number of non-ortho nitro benzene ring substituents is 1. The van der Waals surface area contributed by atoms with Gasteiger partial charge in [-0.05, 0) is 30.4 Å². The number of methoxy groups -OCH3 is 1. The van der Waals surface area contributed by atoms with Crippen LogP contribution in [0.1, 0.15) is 38.2 Å². The summed E-state index contributed by atoms with van der Waals surface area (Å²) < 4.78 is 5.52. The minimum atomic E-state index is -0.303. The maximum atomic E-state index is 11.1. The zero-order valence-electron chi connectivity index (χ0n) is 14.7. The second kappa shape index (κ2) is 7.19. The highest BCUT2D eigenvalue weighted by Crippen LogP contribution is 2.63. The largest absolute Gasteiger partial charge is 0.384 e. The molecule has 24 heavy (non-hydrogen) atoms. The lowest BCUT2D eigenvalue weighted by molar-refractivity contribution is -0.385. The molecule has 2 aliphatic rings. The summed E-state index contributed by atoms with van der Waals surface area (Å²) in [6, 6.07) is 7.17. The van der Waals surface area contributed by atoms with Crippen molar-refractivity contribution >= 4 is 5.69 Å². The quantitative estimate of drug-likeness (QED) is 0.394. The number of fused-ring (bicyclic) bond motifs is 1. The smallest absolute Gasteiger partial charge is 0.269 e. The highest BCUT2D eigenvalue weighted by Gasteiger charge is 2.68. The Kier molecular flexibility index (Phi) is 5.21. The molecule has 1 aliphatic carbocycles. The van der Waals surface area contributed by atoms with Crippen molar-refractivity contribution in [2.45, 2.75) is 38.0 Å². The Bertz CT molecular complexity index is 578. The molecule has 2 fully saturated rings. The van der Waals surface area contributed by atoms with Gasteiger partial charge in [0.2, 0.25) is 0 Å². The van der Waals surface area contributed by atoms with Crippen LogP contribution in [-0.2, 0) is 10.2 Å². The van der Waals surface area contributed by atoms with Gasteiger partial charge in [0, 0.05) is 37.7 Å². The van der Waals surface area contributed by atoms with E-state index in [1.807, 2.05) is 6.07 Å². The maximum Gasteiger partial charge on any atom is 0.269 e. The molecule has 2 atom stereocenters. The van der Waals surface area contributed by atoms with Gasteiger partial charge in [0.1, 0.15) is 0 Å². The predicted molar refractivity (Wildman–Crippen MR) is 94.2 cm³/mol.